The second-order valence-corrected chi connectivity index (χ2v) is 7.35. The molecular weight excluding hydrogens is 384 g/mol. The lowest BCUT2D eigenvalue weighted by atomic mass is 10.0. The summed E-state index contributed by atoms with van der Waals surface area (Å²) < 4.78 is 1.94. The topological polar surface area (TPSA) is 51.0 Å². The number of rotatable bonds is 4. The molecule has 0 spiro atoms. The zero-order valence-corrected chi connectivity index (χ0v) is 16.2. The van der Waals surface area contributed by atoms with Gasteiger partial charge in [-0.1, -0.05) is 60.1 Å². The van der Waals surface area contributed by atoms with Crippen LogP contribution < -0.4 is 4.90 Å². The first-order valence-electron chi connectivity index (χ1n) is 9.36. The molecule has 1 aromatic heterocycles. The first kappa shape index (κ1) is 17.6. The van der Waals surface area contributed by atoms with Gasteiger partial charge < -0.3 is 0 Å². The molecule has 1 unspecified atom stereocenters. The zero-order chi connectivity index (χ0) is 19.8. The third kappa shape index (κ3) is 3.09. The van der Waals surface area contributed by atoms with Crippen molar-refractivity contribution in [3.8, 4) is 11.4 Å². The third-order valence-corrected chi connectivity index (χ3v) is 5.34. The van der Waals surface area contributed by atoms with E-state index in [4.69, 9.17) is 11.6 Å². The number of halogens is 1. The Labute approximate surface area is 173 Å². The van der Waals surface area contributed by atoms with Crippen molar-refractivity contribution in [1.82, 2.24) is 14.8 Å². The summed E-state index contributed by atoms with van der Waals surface area (Å²) in [6.07, 6.45) is 0.564. The predicted molar refractivity (Wildman–Crippen MR) is 113 cm³/mol. The summed E-state index contributed by atoms with van der Waals surface area (Å²) in [6.45, 7) is 0. The zero-order valence-electron chi connectivity index (χ0n) is 15.4. The van der Waals surface area contributed by atoms with Crippen molar-refractivity contribution in [2.75, 3.05) is 4.90 Å². The summed E-state index contributed by atoms with van der Waals surface area (Å²) in [5, 5.41) is 9.45. The maximum absolute atomic E-state index is 13.5. The van der Waals surface area contributed by atoms with Crippen LogP contribution in [0.4, 0.5) is 11.6 Å². The number of carbonyl (C=O) groups excluding carboxylic acids is 1. The van der Waals surface area contributed by atoms with Crippen LogP contribution in [0.3, 0.4) is 0 Å². The van der Waals surface area contributed by atoms with Crippen molar-refractivity contribution in [2.45, 2.75) is 12.5 Å². The molecule has 0 radical (unpaired) electrons. The van der Waals surface area contributed by atoms with Gasteiger partial charge >= 0.3 is 0 Å². The molecule has 0 saturated heterocycles. The molecule has 5 rings (SSSR count). The van der Waals surface area contributed by atoms with E-state index in [9.17, 15) is 4.79 Å². The van der Waals surface area contributed by atoms with Gasteiger partial charge in [-0.2, -0.15) is 0 Å². The molecule has 3 aromatic carbocycles. The van der Waals surface area contributed by atoms with Crippen LogP contribution in [0.15, 0.2) is 84.9 Å². The van der Waals surface area contributed by atoms with E-state index in [0.29, 0.717) is 23.2 Å². The second-order valence-electron chi connectivity index (χ2n) is 6.92. The maximum atomic E-state index is 13.5. The van der Waals surface area contributed by atoms with E-state index in [1.165, 1.54) is 0 Å². The Morgan fingerprint density at radius 2 is 1.48 bits per heavy atom. The van der Waals surface area contributed by atoms with Gasteiger partial charge in [0.05, 0.1) is 5.69 Å². The van der Waals surface area contributed by atoms with Crippen LogP contribution in [0.1, 0.15) is 11.6 Å². The quantitative estimate of drug-likeness (QED) is 0.481. The van der Waals surface area contributed by atoms with Gasteiger partial charge in [0.15, 0.2) is 5.82 Å². The Morgan fingerprint density at radius 3 is 2.17 bits per heavy atom. The first-order valence-corrected chi connectivity index (χ1v) is 9.74. The highest BCUT2D eigenvalue weighted by atomic mass is 35.5. The monoisotopic (exact) mass is 400 g/mol. The van der Waals surface area contributed by atoms with E-state index in [1.54, 1.807) is 4.90 Å². The maximum Gasteiger partial charge on any atom is 0.257 e. The number of anilines is 2. The molecule has 1 aliphatic rings. The van der Waals surface area contributed by atoms with E-state index in [2.05, 4.69) is 10.2 Å². The van der Waals surface area contributed by atoms with Crippen LogP contribution in [-0.4, -0.2) is 20.7 Å². The van der Waals surface area contributed by atoms with Gasteiger partial charge in [-0.25, -0.2) is 4.90 Å². The van der Waals surface area contributed by atoms with E-state index >= 15 is 0 Å². The Bertz CT molecular complexity index is 1160. The summed E-state index contributed by atoms with van der Waals surface area (Å²) in [6, 6.07) is 26.6. The molecule has 0 fully saturated rings. The highest BCUT2D eigenvalue weighted by Crippen LogP contribution is 2.40. The summed E-state index contributed by atoms with van der Waals surface area (Å²) in [4.78, 5) is 15.1. The van der Waals surface area contributed by atoms with Crippen LogP contribution in [0, 0.1) is 0 Å². The standard InChI is InChI=1S/C23H17ClN4O/c24-18-13-11-17(12-14-18)21-25-26-23-27(19-9-5-2-6-10-19)22(29)20(28(21)23)15-16-7-3-1-4-8-16/h1-14,20H,15H2. The van der Waals surface area contributed by atoms with E-state index in [1.807, 2.05) is 89.5 Å². The molecule has 0 bridgehead atoms. The number of para-hydroxylation sites is 1. The number of amides is 1. The fourth-order valence-electron chi connectivity index (χ4n) is 3.71. The fourth-order valence-corrected chi connectivity index (χ4v) is 3.84. The molecule has 1 atom stereocenters. The smallest absolute Gasteiger partial charge is 0.257 e. The van der Waals surface area contributed by atoms with Gasteiger partial charge in [0, 0.05) is 17.0 Å². The Hall–Kier alpha value is -3.44. The molecule has 0 saturated carbocycles. The summed E-state index contributed by atoms with van der Waals surface area (Å²) >= 11 is 6.05. The highest BCUT2D eigenvalue weighted by Gasteiger charge is 2.41. The number of benzene rings is 3. The first-order chi connectivity index (χ1) is 14.2. The SMILES string of the molecule is O=C1C(Cc2ccccc2)n2c(-c3ccc(Cl)cc3)nnc2N1c1ccccc1. The molecule has 2 heterocycles. The highest BCUT2D eigenvalue weighted by molar-refractivity contribution is 6.30. The third-order valence-electron chi connectivity index (χ3n) is 5.08. The Morgan fingerprint density at radius 1 is 0.828 bits per heavy atom. The molecule has 1 amide bonds. The van der Waals surface area contributed by atoms with Gasteiger partial charge in [0.2, 0.25) is 5.95 Å². The molecular formula is C23H17ClN4O. The summed E-state index contributed by atoms with van der Waals surface area (Å²) in [5.74, 6) is 1.18. The van der Waals surface area contributed by atoms with Crippen LogP contribution >= 0.6 is 11.6 Å². The number of aromatic nitrogens is 3. The normalized spacial score (nSPS) is 15.6. The van der Waals surface area contributed by atoms with Crippen LogP contribution in [-0.2, 0) is 11.2 Å². The summed E-state index contributed by atoms with van der Waals surface area (Å²) in [7, 11) is 0. The van der Waals surface area contributed by atoms with Crippen molar-refractivity contribution in [3.63, 3.8) is 0 Å². The number of fused-ring (bicyclic) bond motifs is 1. The van der Waals surface area contributed by atoms with Crippen molar-refractivity contribution < 1.29 is 4.79 Å². The average Bonchev–Trinajstić information content (AvgIpc) is 3.29. The number of carbonyl (C=O) groups is 1. The Kier molecular flexibility index (Phi) is 4.37. The van der Waals surface area contributed by atoms with E-state index < -0.39 is 6.04 Å². The van der Waals surface area contributed by atoms with Crippen LogP contribution in [0.2, 0.25) is 5.02 Å². The molecule has 142 valence electrons. The van der Waals surface area contributed by atoms with Gasteiger partial charge in [-0.15, -0.1) is 10.2 Å². The molecule has 0 N–H and O–H groups in total. The molecule has 1 aliphatic heterocycles. The lowest BCUT2D eigenvalue weighted by molar-refractivity contribution is -0.119. The van der Waals surface area contributed by atoms with Crippen molar-refractivity contribution in [1.29, 1.82) is 0 Å². The summed E-state index contributed by atoms with van der Waals surface area (Å²) in [5.41, 5.74) is 2.74. The Balaban J connectivity index is 1.64. The second kappa shape index (κ2) is 7.18. The molecule has 5 nitrogen and oxygen atoms in total. The van der Waals surface area contributed by atoms with Crippen molar-refractivity contribution >= 4 is 29.1 Å². The lowest BCUT2D eigenvalue weighted by Crippen LogP contribution is -2.26. The average molecular weight is 401 g/mol. The fraction of sp³-hybridized carbons (Fsp3) is 0.0870. The number of hydrogen-bond donors (Lipinski definition) is 0. The minimum absolute atomic E-state index is 0.0137. The van der Waals surface area contributed by atoms with Gasteiger partial charge in [0.1, 0.15) is 6.04 Å². The molecule has 6 heteroatoms. The van der Waals surface area contributed by atoms with Crippen LogP contribution in [0.25, 0.3) is 11.4 Å². The molecule has 29 heavy (non-hydrogen) atoms. The van der Waals surface area contributed by atoms with Gasteiger partial charge in [-0.05, 0) is 42.0 Å². The molecule has 4 aromatic rings. The predicted octanol–water partition coefficient (Wildman–Crippen LogP) is 5.06. The van der Waals surface area contributed by atoms with Gasteiger partial charge in [-0.3, -0.25) is 9.36 Å². The minimum atomic E-state index is -0.423. The van der Waals surface area contributed by atoms with E-state index in [0.717, 1.165) is 16.8 Å². The minimum Gasteiger partial charge on any atom is -0.280 e. The number of nitrogens with zero attached hydrogens (tertiary/aromatic N) is 4. The van der Waals surface area contributed by atoms with Crippen LogP contribution in [0.5, 0.6) is 0 Å². The largest absolute Gasteiger partial charge is 0.280 e. The van der Waals surface area contributed by atoms with Gasteiger partial charge in [0.25, 0.3) is 5.91 Å². The molecule has 0 aliphatic carbocycles. The van der Waals surface area contributed by atoms with E-state index in [-0.39, 0.29) is 5.91 Å². The van der Waals surface area contributed by atoms with Crippen molar-refractivity contribution in [3.05, 3.63) is 95.5 Å². The number of hydrogen-bond acceptors (Lipinski definition) is 3. The lowest BCUT2D eigenvalue weighted by Gasteiger charge is -2.16. The van der Waals surface area contributed by atoms with Crippen molar-refractivity contribution in [2.24, 2.45) is 0 Å².